The van der Waals surface area contributed by atoms with E-state index in [2.05, 4.69) is 6.92 Å². The van der Waals surface area contributed by atoms with Gasteiger partial charge in [0.05, 0.1) is 18.1 Å². The number of aliphatic hydroxyl groups is 2. The van der Waals surface area contributed by atoms with Crippen LogP contribution in [-0.2, 0) is 28.6 Å². The molecule has 9 nitrogen and oxygen atoms in total. The van der Waals surface area contributed by atoms with Gasteiger partial charge in [0.25, 0.3) is 0 Å². The number of Topliss-reactive ketones (excluding diaryl/α,β-unsaturated/α-hetero) is 1. The van der Waals surface area contributed by atoms with Crippen LogP contribution in [0.15, 0.2) is 11.6 Å². The van der Waals surface area contributed by atoms with Crippen molar-refractivity contribution in [3.8, 4) is 0 Å². The number of carboxylic acid groups (broad SMARTS) is 1. The summed E-state index contributed by atoms with van der Waals surface area (Å²) >= 11 is 0. The van der Waals surface area contributed by atoms with Gasteiger partial charge in [-0.05, 0) is 50.4 Å². The molecule has 9 heteroatoms. The lowest BCUT2D eigenvalue weighted by Crippen LogP contribution is -2.63. The minimum Gasteiger partial charge on any atom is -0.481 e. The topological polar surface area (TPSA) is 140 Å². The number of ether oxygens (including phenoxy) is 3. The molecule has 4 saturated carbocycles. The summed E-state index contributed by atoms with van der Waals surface area (Å²) in [7, 11) is 1.42. The molecule has 4 bridgehead atoms. The summed E-state index contributed by atoms with van der Waals surface area (Å²) in [5.41, 5.74) is -3.79. The zero-order valence-corrected chi connectivity index (χ0v) is 21.4. The van der Waals surface area contributed by atoms with E-state index in [1.165, 1.54) is 7.11 Å². The van der Waals surface area contributed by atoms with Gasteiger partial charge in [0, 0.05) is 24.0 Å². The van der Waals surface area contributed by atoms with Gasteiger partial charge in [-0.2, -0.15) is 0 Å². The van der Waals surface area contributed by atoms with Gasteiger partial charge >= 0.3 is 5.97 Å². The number of carbonyl (C=O) groups excluding carboxylic acids is 2. The van der Waals surface area contributed by atoms with Crippen molar-refractivity contribution in [1.29, 1.82) is 0 Å². The fourth-order valence-corrected chi connectivity index (χ4v) is 9.22. The van der Waals surface area contributed by atoms with E-state index in [1.807, 2.05) is 6.92 Å². The van der Waals surface area contributed by atoms with Crippen LogP contribution < -0.4 is 0 Å². The molecule has 36 heavy (non-hydrogen) atoms. The van der Waals surface area contributed by atoms with Crippen LogP contribution in [0.5, 0.6) is 0 Å². The van der Waals surface area contributed by atoms with Crippen molar-refractivity contribution < 1.29 is 43.9 Å². The van der Waals surface area contributed by atoms with Gasteiger partial charge in [-0.3, -0.25) is 9.59 Å². The number of allylic oxidation sites excluding steroid dienone is 1. The molecule has 0 unspecified atom stereocenters. The molecule has 0 aromatic rings. The average molecular weight is 507 g/mol. The lowest BCUT2D eigenvalue weighted by molar-refractivity contribution is -0.306. The second-order valence-corrected chi connectivity index (χ2v) is 11.7. The first kappa shape index (κ1) is 26.0. The molecule has 1 heterocycles. The van der Waals surface area contributed by atoms with Gasteiger partial charge in [-0.1, -0.05) is 26.3 Å². The number of aliphatic hydroxyl groups excluding tert-OH is 2. The number of carboxylic acids is 1. The fraction of sp³-hybridized carbons (Fsp3) is 0.815. The Balaban J connectivity index is 1.61. The number of ketones is 1. The van der Waals surface area contributed by atoms with Crippen molar-refractivity contribution in [2.24, 2.45) is 39.9 Å². The highest BCUT2D eigenvalue weighted by atomic mass is 16.7. The molecule has 0 amide bonds. The minimum atomic E-state index is -1.69. The highest BCUT2D eigenvalue weighted by molar-refractivity contribution is 6.12. The normalized spacial score (nSPS) is 52.6. The molecule has 1 saturated heterocycles. The standard InChI is InChI=1S/C27H38O9/c1-5-6-17-19(29)18-10-25(11-28)16-8-7-13(2)15(16)9-26(18,27(17,25)24(32)33)12-35-23-21(31)20(30)22(34-4)14(3)36-23/h6,11,13-16,18,20-23,30-31H,5,7-10,12H2,1-4H3,(H,32,33)/b17-6+/t13-,14-,15-,16-,18-,20+,21+,22-,23-,25+,26+,27+/m1/s1. The first-order valence-corrected chi connectivity index (χ1v) is 13.2. The number of aldehydes is 1. The molecule has 5 fully saturated rings. The van der Waals surface area contributed by atoms with Gasteiger partial charge in [0.1, 0.15) is 30.0 Å². The highest BCUT2D eigenvalue weighted by Crippen LogP contribution is 2.82. The van der Waals surface area contributed by atoms with E-state index >= 15 is 0 Å². The first-order valence-electron chi connectivity index (χ1n) is 13.2. The Morgan fingerprint density at radius 1 is 1.19 bits per heavy atom. The second kappa shape index (κ2) is 8.70. The maximum absolute atomic E-state index is 13.7. The zero-order valence-electron chi connectivity index (χ0n) is 21.4. The summed E-state index contributed by atoms with van der Waals surface area (Å²) in [5.74, 6) is -1.72. The van der Waals surface area contributed by atoms with Crippen molar-refractivity contribution >= 4 is 18.0 Å². The van der Waals surface area contributed by atoms with Crippen LogP contribution in [0.3, 0.4) is 0 Å². The Morgan fingerprint density at radius 2 is 1.92 bits per heavy atom. The summed E-state index contributed by atoms with van der Waals surface area (Å²) < 4.78 is 17.2. The Morgan fingerprint density at radius 3 is 2.53 bits per heavy atom. The number of hydrogen-bond acceptors (Lipinski definition) is 8. The molecular weight excluding hydrogens is 468 g/mol. The van der Waals surface area contributed by atoms with Crippen LogP contribution >= 0.6 is 0 Å². The lowest BCUT2D eigenvalue weighted by atomic mass is 9.44. The first-order chi connectivity index (χ1) is 17.1. The Bertz CT molecular complexity index is 978. The molecule has 5 aliphatic rings. The molecular formula is C27H38O9. The average Bonchev–Trinajstić information content (AvgIpc) is 3.37. The molecule has 0 aromatic carbocycles. The molecule has 0 spiro atoms. The monoisotopic (exact) mass is 506 g/mol. The Kier molecular flexibility index (Phi) is 6.28. The number of hydrogen-bond donors (Lipinski definition) is 3. The summed E-state index contributed by atoms with van der Waals surface area (Å²) in [6.07, 6.45) is 0.145. The van der Waals surface area contributed by atoms with Crippen LogP contribution in [0.2, 0.25) is 0 Å². The number of rotatable bonds is 7. The predicted octanol–water partition coefficient (Wildman–Crippen LogP) is 1.73. The van der Waals surface area contributed by atoms with Gasteiger partial charge in [-0.25, -0.2) is 0 Å². The van der Waals surface area contributed by atoms with Crippen molar-refractivity contribution in [2.45, 2.75) is 83.6 Å². The molecule has 4 aliphatic carbocycles. The summed E-state index contributed by atoms with van der Waals surface area (Å²) in [4.78, 5) is 40.2. The zero-order chi connectivity index (χ0) is 26.2. The van der Waals surface area contributed by atoms with Crippen LogP contribution in [-0.4, -0.2) is 77.8 Å². The van der Waals surface area contributed by atoms with E-state index < -0.39 is 58.8 Å². The van der Waals surface area contributed by atoms with Crippen molar-refractivity contribution in [1.82, 2.24) is 0 Å². The predicted molar refractivity (Wildman–Crippen MR) is 126 cm³/mol. The van der Waals surface area contributed by atoms with E-state index in [0.717, 1.165) is 19.1 Å². The van der Waals surface area contributed by atoms with Crippen molar-refractivity contribution in [3.63, 3.8) is 0 Å². The number of aliphatic carboxylic acids is 1. The fourth-order valence-electron chi connectivity index (χ4n) is 9.22. The number of carbonyl (C=O) groups is 3. The van der Waals surface area contributed by atoms with Crippen LogP contribution in [0.4, 0.5) is 0 Å². The second-order valence-electron chi connectivity index (χ2n) is 11.7. The van der Waals surface area contributed by atoms with E-state index in [0.29, 0.717) is 18.8 Å². The summed E-state index contributed by atoms with van der Waals surface area (Å²) in [6, 6.07) is 0. The van der Waals surface area contributed by atoms with Gasteiger partial charge in [0.2, 0.25) is 0 Å². The van der Waals surface area contributed by atoms with Gasteiger partial charge < -0.3 is 34.3 Å². The highest BCUT2D eigenvalue weighted by Gasteiger charge is 2.87. The maximum Gasteiger partial charge on any atom is 0.315 e. The van der Waals surface area contributed by atoms with Crippen molar-refractivity contribution in [3.05, 3.63) is 11.6 Å². The molecule has 0 aromatic heterocycles. The third-order valence-corrected chi connectivity index (χ3v) is 10.6. The number of methoxy groups -OCH3 is 1. The molecule has 12 atom stereocenters. The maximum atomic E-state index is 13.7. The van der Waals surface area contributed by atoms with Crippen LogP contribution in [0.25, 0.3) is 0 Å². The lowest BCUT2D eigenvalue weighted by Gasteiger charge is -2.57. The van der Waals surface area contributed by atoms with E-state index in [-0.39, 0.29) is 36.2 Å². The molecule has 0 radical (unpaired) electrons. The van der Waals surface area contributed by atoms with E-state index in [9.17, 15) is 29.7 Å². The van der Waals surface area contributed by atoms with Gasteiger partial charge in [-0.15, -0.1) is 0 Å². The summed E-state index contributed by atoms with van der Waals surface area (Å²) in [5, 5.41) is 32.2. The minimum absolute atomic E-state index is 0.102. The Labute approximate surface area is 211 Å². The molecule has 1 aliphatic heterocycles. The van der Waals surface area contributed by atoms with Crippen LogP contribution in [0.1, 0.15) is 52.9 Å². The third-order valence-electron chi connectivity index (χ3n) is 10.6. The number of fused-ring (bicyclic) bond motifs is 2. The third kappa shape index (κ3) is 2.86. The molecule has 3 N–H and O–H groups in total. The molecule has 5 rings (SSSR count). The Hall–Kier alpha value is -1.65. The SMILES string of the molecule is CC/C=C1\C(=O)[C@H]2C[C@]3(C=O)[C@@H]4CC[C@@H](C)[C@H]4C[C@@]2(CO[C@@H]2O[C@H](C)[C@@H](OC)[C@@H](O)[C@@H]2O)[C@]13C(=O)O. The van der Waals surface area contributed by atoms with Gasteiger partial charge in [0.15, 0.2) is 12.1 Å². The molecule has 200 valence electrons. The quantitative estimate of drug-likeness (QED) is 0.348. The van der Waals surface area contributed by atoms with E-state index in [1.54, 1.807) is 13.0 Å². The van der Waals surface area contributed by atoms with Crippen molar-refractivity contribution in [2.75, 3.05) is 13.7 Å². The van der Waals surface area contributed by atoms with Crippen LogP contribution in [0, 0.1) is 39.9 Å². The smallest absolute Gasteiger partial charge is 0.315 e. The van der Waals surface area contributed by atoms with E-state index in [4.69, 9.17) is 14.2 Å². The summed E-state index contributed by atoms with van der Waals surface area (Å²) in [6.45, 7) is 5.53. The largest absolute Gasteiger partial charge is 0.481 e.